The van der Waals surface area contributed by atoms with Crippen molar-refractivity contribution in [1.29, 1.82) is 0 Å². The molecule has 3 heterocycles. The van der Waals surface area contributed by atoms with Crippen LogP contribution in [0.15, 0.2) is 71.9 Å². The third kappa shape index (κ3) is 4.24. The number of rotatable bonds is 6. The normalized spacial score (nSPS) is 18.1. The van der Waals surface area contributed by atoms with E-state index in [2.05, 4.69) is 4.98 Å². The van der Waals surface area contributed by atoms with Gasteiger partial charge < -0.3 is 14.7 Å². The monoisotopic (exact) mass is 545 g/mol. The quantitative estimate of drug-likeness (QED) is 0.332. The van der Waals surface area contributed by atoms with Crippen molar-refractivity contribution < 1.29 is 18.3 Å². The number of aromatic nitrogens is 4. The minimum atomic E-state index is -3.87. The summed E-state index contributed by atoms with van der Waals surface area (Å²) in [6.45, 7) is 1.92. The van der Waals surface area contributed by atoms with Crippen LogP contribution in [-0.2, 0) is 10.0 Å². The number of aryl methyl sites for hydroxylation is 1. The summed E-state index contributed by atoms with van der Waals surface area (Å²) in [6.07, 6.45) is 6.36. The Balaban J connectivity index is 1.57. The predicted molar refractivity (Wildman–Crippen MR) is 151 cm³/mol. The van der Waals surface area contributed by atoms with Crippen molar-refractivity contribution in [3.8, 4) is 17.0 Å². The molecule has 202 valence electrons. The molecule has 1 aliphatic carbocycles. The number of fused-ring (bicyclic) bond motifs is 3. The van der Waals surface area contributed by atoms with Crippen molar-refractivity contribution in [3.63, 3.8) is 0 Å². The molecule has 10 heteroatoms. The summed E-state index contributed by atoms with van der Waals surface area (Å²) < 4.78 is 35.7. The summed E-state index contributed by atoms with van der Waals surface area (Å²) in [5.41, 5.74) is 4.24. The molecular weight excluding hydrogens is 514 g/mol. The summed E-state index contributed by atoms with van der Waals surface area (Å²) in [4.78, 5) is 11.9. The zero-order valence-corrected chi connectivity index (χ0v) is 23.0. The number of aliphatic hydroxyl groups is 1. The van der Waals surface area contributed by atoms with Gasteiger partial charge in [-0.1, -0.05) is 30.5 Å². The van der Waals surface area contributed by atoms with Gasteiger partial charge in [-0.05, 0) is 62.2 Å². The first-order chi connectivity index (χ1) is 18.8. The van der Waals surface area contributed by atoms with Crippen LogP contribution in [0.4, 0.5) is 5.95 Å². The lowest BCUT2D eigenvalue weighted by atomic mass is 9.92. The second-order valence-electron chi connectivity index (χ2n) is 10.1. The topological polar surface area (TPSA) is 102 Å². The van der Waals surface area contributed by atoms with Crippen LogP contribution in [0.25, 0.3) is 27.9 Å². The zero-order chi connectivity index (χ0) is 27.3. The van der Waals surface area contributed by atoms with Crippen LogP contribution in [0.2, 0.25) is 0 Å². The number of methoxy groups -OCH3 is 1. The highest BCUT2D eigenvalue weighted by molar-refractivity contribution is 7.90. The summed E-state index contributed by atoms with van der Waals surface area (Å²) in [7, 11) is -0.303. The lowest BCUT2D eigenvalue weighted by Crippen LogP contribution is -2.44. The van der Waals surface area contributed by atoms with Crippen LogP contribution < -0.4 is 9.64 Å². The smallest absolute Gasteiger partial charge is 0.269 e. The van der Waals surface area contributed by atoms with Crippen LogP contribution in [0.1, 0.15) is 31.2 Å². The Hall–Kier alpha value is -3.89. The van der Waals surface area contributed by atoms with E-state index in [1.807, 2.05) is 47.5 Å². The number of imidazole rings is 1. The lowest BCUT2D eigenvalue weighted by Gasteiger charge is -2.35. The van der Waals surface area contributed by atoms with Crippen LogP contribution in [0.5, 0.6) is 5.75 Å². The summed E-state index contributed by atoms with van der Waals surface area (Å²) in [5.74, 6) is 1.36. The highest BCUT2D eigenvalue weighted by Gasteiger charge is 2.31. The minimum Gasteiger partial charge on any atom is -0.497 e. The standard InChI is InChI=1S/C29H31N5O4S/c1-19-8-14-22(15-9-19)39(36,37)33-17-16-24-28(33)30-18-25-27(20-10-12-21(38-3)13-11-20)31-29(34(24)25)32(2)23-6-4-5-7-26(23)35/h8-18,23,26,35H,4-7H2,1-3H3. The van der Waals surface area contributed by atoms with Crippen molar-refractivity contribution in [3.05, 3.63) is 72.6 Å². The first-order valence-electron chi connectivity index (χ1n) is 13.1. The molecule has 3 aromatic heterocycles. The van der Waals surface area contributed by atoms with Crippen molar-refractivity contribution in [2.24, 2.45) is 0 Å². The van der Waals surface area contributed by atoms with E-state index >= 15 is 0 Å². The van der Waals surface area contributed by atoms with Gasteiger partial charge in [-0.15, -0.1) is 0 Å². The van der Waals surface area contributed by atoms with E-state index in [4.69, 9.17) is 9.72 Å². The summed E-state index contributed by atoms with van der Waals surface area (Å²) >= 11 is 0. The fraction of sp³-hybridized carbons (Fsp3) is 0.310. The van der Waals surface area contributed by atoms with Crippen molar-refractivity contribution in [2.75, 3.05) is 19.1 Å². The maximum atomic E-state index is 13.6. The highest BCUT2D eigenvalue weighted by Crippen LogP contribution is 2.35. The van der Waals surface area contributed by atoms with E-state index in [0.29, 0.717) is 22.8 Å². The van der Waals surface area contributed by atoms with Crippen LogP contribution >= 0.6 is 0 Å². The van der Waals surface area contributed by atoms with Gasteiger partial charge in [0.2, 0.25) is 5.95 Å². The number of anilines is 1. The van der Waals surface area contributed by atoms with E-state index in [9.17, 15) is 13.5 Å². The number of likely N-dealkylation sites (N-methyl/N-ethyl adjacent to an activating group) is 1. The first kappa shape index (κ1) is 25.4. The Morgan fingerprint density at radius 3 is 2.41 bits per heavy atom. The average Bonchev–Trinajstić information content (AvgIpc) is 3.56. The molecule has 0 saturated heterocycles. The van der Waals surface area contributed by atoms with E-state index < -0.39 is 16.1 Å². The maximum Gasteiger partial charge on any atom is 0.269 e. The summed E-state index contributed by atoms with van der Waals surface area (Å²) in [5, 5.41) is 10.8. The number of hydrogen-bond acceptors (Lipinski definition) is 7. The zero-order valence-electron chi connectivity index (χ0n) is 22.2. The predicted octanol–water partition coefficient (Wildman–Crippen LogP) is 4.64. The van der Waals surface area contributed by atoms with Gasteiger partial charge in [0.05, 0.1) is 47.1 Å². The number of benzene rings is 2. The molecule has 1 fully saturated rings. The molecule has 5 aromatic rings. The molecule has 0 amide bonds. The van der Waals surface area contributed by atoms with E-state index in [1.54, 1.807) is 49.8 Å². The third-order valence-corrected chi connectivity index (χ3v) is 9.38. The van der Waals surface area contributed by atoms with Crippen LogP contribution in [0, 0.1) is 6.92 Å². The van der Waals surface area contributed by atoms with Crippen molar-refractivity contribution >= 4 is 32.7 Å². The second kappa shape index (κ2) is 9.69. The van der Waals surface area contributed by atoms with E-state index in [0.717, 1.165) is 48.1 Å². The Bertz CT molecular complexity index is 1760. The molecule has 0 spiro atoms. The van der Waals surface area contributed by atoms with Gasteiger partial charge in [0, 0.05) is 18.8 Å². The van der Waals surface area contributed by atoms with Crippen LogP contribution in [0.3, 0.4) is 0 Å². The van der Waals surface area contributed by atoms with Crippen molar-refractivity contribution in [2.45, 2.75) is 49.6 Å². The molecule has 1 aliphatic rings. The number of hydrogen-bond donors (Lipinski definition) is 1. The van der Waals surface area contributed by atoms with E-state index in [1.165, 1.54) is 3.97 Å². The molecule has 0 aliphatic heterocycles. The van der Waals surface area contributed by atoms with Gasteiger partial charge in [0.25, 0.3) is 10.0 Å². The van der Waals surface area contributed by atoms with Crippen molar-refractivity contribution in [1.82, 2.24) is 18.3 Å². The first-order valence-corrected chi connectivity index (χ1v) is 14.5. The van der Waals surface area contributed by atoms with Gasteiger partial charge in [0.1, 0.15) is 5.75 Å². The molecule has 6 rings (SSSR count). The third-order valence-electron chi connectivity index (χ3n) is 7.70. The molecule has 0 radical (unpaired) electrons. The van der Waals surface area contributed by atoms with Gasteiger partial charge in [-0.3, -0.25) is 4.40 Å². The molecular formula is C29H31N5O4S. The molecule has 1 N–H and O–H groups in total. The number of aliphatic hydroxyl groups excluding tert-OH is 1. The van der Waals surface area contributed by atoms with Gasteiger partial charge in [-0.25, -0.2) is 22.4 Å². The SMILES string of the molecule is COc1ccc(-c2nc(N(C)C3CCCCC3O)n3c2cnc2c3ccn2S(=O)(=O)c2ccc(C)cc2)cc1. The number of ether oxygens (including phenoxy) is 1. The Morgan fingerprint density at radius 1 is 1.00 bits per heavy atom. The Kier molecular flexibility index (Phi) is 6.31. The largest absolute Gasteiger partial charge is 0.497 e. The van der Waals surface area contributed by atoms with Gasteiger partial charge in [0.15, 0.2) is 5.65 Å². The second-order valence-corrected chi connectivity index (χ2v) is 12.0. The molecule has 2 aromatic carbocycles. The molecule has 39 heavy (non-hydrogen) atoms. The lowest BCUT2D eigenvalue weighted by molar-refractivity contribution is 0.105. The average molecular weight is 546 g/mol. The molecule has 0 bridgehead atoms. The minimum absolute atomic E-state index is 0.102. The van der Waals surface area contributed by atoms with Gasteiger partial charge >= 0.3 is 0 Å². The highest BCUT2D eigenvalue weighted by atomic mass is 32.2. The number of nitrogens with zero attached hydrogens (tertiary/aromatic N) is 5. The van der Waals surface area contributed by atoms with E-state index in [-0.39, 0.29) is 10.9 Å². The molecule has 1 saturated carbocycles. The molecule has 9 nitrogen and oxygen atoms in total. The Morgan fingerprint density at radius 2 is 1.72 bits per heavy atom. The fourth-order valence-corrected chi connectivity index (χ4v) is 6.80. The molecule has 2 unspecified atom stereocenters. The fourth-order valence-electron chi connectivity index (χ4n) is 5.50. The maximum absolute atomic E-state index is 13.6. The van der Waals surface area contributed by atoms with Crippen LogP contribution in [-0.4, -0.2) is 58.2 Å². The summed E-state index contributed by atoms with van der Waals surface area (Å²) in [6, 6.07) is 16.1. The molecule has 2 atom stereocenters. The van der Waals surface area contributed by atoms with Gasteiger partial charge in [-0.2, -0.15) is 0 Å². The Labute approximate surface area is 227 Å².